The normalized spacial score (nSPS) is 11.6. The first-order valence-electron chi connectivity index (χ1n) is 9.69. The number of imidazole rings is 2. The summed E-state index contributed by atoms with van der Waals surface area (Å²) in [6.07, 6.45) is 4.32. The van der Waals surface area contributed by atoms with Crippen molar-refractivity contribution in [3.8, 4) is 22.5 Å². The summed E-state index contributed by atoms with van der Waals surface area (Å²) < 4.78 is 24.3. The molecule has 0 unspecified atom stereocenters. The maximum Gasteiger partial charge on any atom is 0.224 e. The van der Waals surface area contributed by atoms with Crippen molar-refractivity contribution in [1.82, 2.24) is 19.9 Å². The fourth-order valence-electron chi connectivity index (χ4n) is 3.12. The molecule has 0 atom stereocenters. The van der Waals surface area contributed by atoms with E-state index in [0.717, 1.165) is 39.8 Å². The van der Waals surface area contributed by atoms with Gasteiger partial charge in [0.05, 0.1) is 17.1 Å². The highest BCUT2D eigenvalue weighted by Crippen LogP contribution is 2.32. The topological polar surface area (TPSA) is 91.5 Å². The van der Waals surface area contributed by atoms with Crippen LogP contribution in [0.2, 0.25) is 0 Å². The van der Waals surface area contributed by atoms with Crippen LogP contribution in [0.25, 0.3) is 22.5 Å². The van der Waals surface area contributed by atoms with Gasteiger partial charge in [-0.3, -0.25) is 0 Å². The Morgan fingerprint density at radius 3 is 2.27 bits per heavy atom. The molecule has 154 valence electrons. The summed E-state index contributed by atoms with van der Waals surface area (Å²) in [5.74, 6) is 0.868. The van der Waals surface area contributed by atoms with Gasteiger partial charge in [0.25, 0.3) is 0 Å². The van der Waals surface area contributed by atoms with Gasteiger partial charge in [-0.2, -0.15) is 0 Å². The number of H-pyrrole nitrogens is 2. The monoisotopic (exact) mass is 438 g/mol. The van der Waals surface area contributed by atoms with Crippen LogP contribution in [0.1, 0.15) is 12.8 Å². The molecule has 2 aromatic carbocycles. The van der Waals surface area contributed by atoms with Crippen LogP contribution in [0.3, 0.4) is 0 Å². The molecule has 8 heteroatoms. The molecule has 0 fully saturated rings. The van der Waals surface area contributed by atoms with Crippen molar-refractivity contribution in [2.24, 2.45) is 0 Å². The second-order valence-electron chi connectivity index (χ2n) is 6.77. The van der Waals surface area contributed by atoms with Crippen LogP contribution >= 0.6 is 11.8 Å². The Morgan fingerprint density at radius 1 is 0.900 bits per heavy atom. The molecule has 2 heterocycles. The molecule has 0 saturated heterocycles. The zero-order valence-electron chi connectivity index (χ0n) is 16.3. The molecular weight excluding hydrogens is 416 g/mol. The first-order chi connectivity index (χ1) is 14.6. The second kappa shape index (κ2) is 9.32. The third-order valence-electron chi connectivity index (χ3n) is 4.61. The lowest BCUT2D eigenvalue weighted by molar-refractivity contribution is 0.585. The van der Waals surface area contributed by atoms with Crippen molar-refractivity contribution in [3.63, 3.8) is 0 Å². The first kappa shape index (κ1) is 20.4. The molecule has 4 rings (SSSR count). The standard InChI is InChI=1S/C22H22N4O2S2/c27-30(28,22-23-13-14-24-22)16-8-7-15-29-21-25-19(17-9-3-1-4-10-17)20(26-21)18-11-5-2-6-12-18/h1-6,9-14H,7-8,15-16H2,(H,23,24)(H,25,26). The molecule has 30 heavy (non-hydrogen) atoms. The molecule has 2 N–H and O–H groups in total. The molecule has 0 aliphatic heterocycles. The molecule has 2 aromatic heterocycles. The lowest BCUT2D eigenvalue weighted by Gasteiger charge is -2.02. The summed E-state index contributed by atoms with van der Waals surface area (Å²) in [5, 5.41) is 0.878. The average molecular weight is 439 g/mol. The highest BCUT2D eigenvalue weighted by Gasteiger charge is 2.17. The van der Waals surface area contributed by atoms with Crippen LogP contribution in [0.5, 0.6) is 0 Å². The molecule has 4 aromatic rings. The van der Waals surface area contributed by atoms with Gasteiger partial charge in [-0.15, -0.1) is 0 Å². The summed E-state index contributed by atoms with van der Waals surface area (Å²) in [6, 6.07) is 20.2. The van der Waals surface area contributed by atoms with Gasteiger partial charge >= 0.3 is 0 Å². The lowest BCUT2D eigenvalue weighted by Crippen LogP contribution is -2.08. The molecule has 0 bridgehead atoms. The number of sulfone groups is 1. The number of benzene rings is 2. The fraction of sp³-hybridized carbons (Fsp3) is 0.182. The van der Waals surface area contributed by atoms with E-state index < -0.39 is 9.84 Å². The van der Waals surface area contributed by atoms with Gasteiger partial charge < -0.3 is 9.97 Å². The zero-order valence-corrected chi connectivity index (χ0v) is 17.9. The maximum absolute atomic E-state index is 12.2. The van der Waals surface area contributed by atoms with Gasteiger partial charge in [-0.1, -0.05) is 72.4 Å². The third kappa shape index (κ3) is 4.83. The van der Waals surface area contributed by atoms with E-state index in [0.29, 0.717) is 6.42 Å². The van der Waals surface area contributed by atoms with Crippen molar-refractivity contribution in [3.05, 3.63) is 73.1 Å². The summed E-state index contributed by atoms with van der Waals surface area (Å²) >= 11 is 1.61. The second-order valence-corrected chi connectivity index (χ2v) is 9.87. The smallest absolute Gasteiger partial charge is 0.224 e. The minimum atomic E-state index is -3.34. The average Bonchev–Trinajstić information content (AvgIpc) is 3.46. The Bertz CT molecular complexity index is 1120. The van der Waals surface area contributed by atoms with E-state index in [1.54, 1.807) is 11.8 Å². The summed E-state index contributed by atoms with van der Waals surface area (Å²) in [7, 11) is -3.34. The van der Waals surface area contributed by atoms with Crippen molar-refractivity contribution >= 4 is 21.6 Å². The SMILES string of the molecule is O=S(=O)(CCCCSc1nc(-c2ccccc2)c(-c2ccccc2)[nH]1)c1ncc[nH]1. The Morgan fingerprint density at radius 2 is 1.60 bits per heavy atom. The van der Waals surface area contributed by atoms with Gasteiger partial charge in [0.2, 0.25) is 15.0 Å². The Labute approximate surface area is 180 Å². The number of hydrogen-bond acceptors (Lipinski definition) is 5. The van der Waals surface area contributed by atoms with Gasteiger partial charge in [-0.25, -0.2) is 18.4 Å². The number of thioether (sulfide) groups is 1. The van der Waals surface area contributed by atoms with Gasteiger partial charge in [-0.05, 0) is 12.8 Å². The molecule has 0 radical (unpaired) electrons. The number of unbranched alkanes of at least 4 members (excludes halogenated alkanes) is 1. The zero-order chi connectivity index (χ0) is 20.8. The van der Waals surface area contributed by atoms with E-state index >= 15 is 0 Å². The van der Waals surface area contributed by atoms with E-state index in [-0.39, 0.29) is 10.9 Å². The van der Waals surface area contributed by atoms with E-state index in [1.807, 2.05) is 36.4 Å². The number of aromatic nitrogens is 4. The van der Waals surface area contributed by atoms with Crippen LogP contribution in [-0.2, 0) is 9.84 Å². The largest absolute Gasteiger partial charge is 0.336 e. The summed E-state index contributed by atoms with van der Waals surface area (Å²) in [5.41, 5.74) is 4.05. The van der Waals surface area contributed by atoms with Crippen LogP contribution in [-0.4, -0.2) is 39.9 Å². The van der Waals surface area contributed by atoms with Crippen LogP contribution < -0.4 is 0 Å². The van der Waals surface area contributed by atoms with Crippen LogP contribution in [0.15, 0.2) is 83.4 Å². The fourth-order valence-corrected chi connectivity index (χ4v) is 5.24. The summed E-state index contributed by atoms with van der Waals surface area (Å²) in [4.78, 5) is 14.8. The number of nitrogens with zero attached hydrogens (tertiary/aromatic N) is 2. The number of rotatable bonds is 9. The van der Waals surface area contributed by atoms with Crippen molar-refractivity contribution in [2.75, 3.05) is 11.5 Å². The molecule has 0 amide bonds. The van der Waals surface area contributed by atoms with Gasteiger partial charge in [0, 0.05) is 29.3 Å². The highest BCUT2D eigenvalue weighted by molar-refractivity contribution is 7.99. The van der Waals surface area contributed by atoms with Gasteiger partial charge in [0.15, 0.2) is 5.16 Å². The van der Waals surface area contributed by atoms with Crippen LogP contribution in [0.4, 0.5) is 0 Å². The predicted octanol–water partition coefficient (Wildman–Crippen LogP) is 4.81. The minimum absolute atomic E-state index is 0.0428. The molecular formula is C22H22N4O2S2. The van der Waals surface area contributed by atoms with Crippen molar-refractivity contribution < 1.29 is 8.42 Å². The lowest BCUT2D eigenvalue weighted by atomic mass is 10.1. The Hall–Kier alpha value is -2.84. The molecule has 0 spiro atoms. The molecule has 0 aliphatic carbocycles. The predicted molar refractivity (Wildman–Crippen MR) is 120 cm³/mol. The van der Waals surface area contributed by atoms with E-state index in [4.69, 9.17) is 4.98 Å². The molecule has 0 aliphatic rings. The highest BCUT2D eigenvalue weighted by atomic mass is 32.2. The third-order valence-corrected chi connectivity index (χ3v) is 7.20. The quantitative estimate of drug-likeness (QED) is 0.289. The van der Waals surface area contributed by atoms with Crippen molar-refractivity contribution in [2.45, 2.75) is 23.2 Å². The Kier molecular flexibility index (Phi) is 6.35. The Balaban J connectivity index is 1.42. The minimum Gasteiger partial charge on any atom is -0.336 e. The summed E-state index contributed by atoms with van der Waals surface area (Å²) in [6.45, 7) is 0. The maximum atomic E-state index is 12.2. The number of nitrogens with one attached hydrogen (secondary N) is 2. The molecule has 6 nitrogen and oxygen atoms in total. The first-order valence-corrected chi connectivity index (χ1v) is 12.3. The number of aromatic amines is 2. The van der Waals surface area contributed by atoms with Gasteiger partial charge in [0.1, 0.15) is 0 Å². The van der Waals surface area contributed by atoms with E-state index in [1.165, 1.54) is 12.4 Å². The number of hydrogen-bond donors (Lipinski definition) is 2. The van der Waals surface area contributed by atoms with E-state index in [9.17, 15) is 8.42 Å². The van der Waals surface area contributed by atoms with Crippen LogP contribution in [0, 0.1) is 0 Å². The van der Waals surface area contributed by atoms with Crippen molar-refractivity contribution in [1.29, 1.82) is 0 Å². The molecule has 0 saturated carbocycles. The van der Waals surface area contributed by atoms with E-state index in [2.05, 4.69) is 39.2 Å².